The molecule has 31 heavy (non-hydrogen) atoms. The number of Topliss-reactive ketones (excluding diaryl/α,β-unsaturated/α-hetero) is 1. The Balaban J connectivity index is 1.45. The molecule has 4 aromatic rings. The fourth-order valence-corrected chi connectivity index (χ4v) is 4.27. The van der Waals surface area contributed by atoms with Gasteiger partial charge in [0.15, 0.2) is 10.9 Å². The normalized spacial score (nSPS) is 11.9. The third-order valence-electron chi connectivity index (χ3n) is 5.13. The summed E-state index contributed by atoms with van der Waals surface area (Å²) in [6.07, 6.45) is 0.000379. The predicted octanol–water partition coefficient (Wildman–Crippen LogP) is 6.31. The van der Waals surface area contributed by atoms with Crippen LogP contribution < -0.4 is 5.32 Å². The Labute approximate surface area is 184 Å². The number of aromatic nitrogens is 1. The van der Waals surface area contributed by atoms with Crippen LogP contribution in [0.1, 0.15) is 29.3 Å². The van der Waals surface area contributed by atoms with Crippen molar-refractivity contribution in [2.24, 2.45) is 5.92 Å². The highest BCUT2D eigenvalue weighted by atomic mass is 32.1. The molecule has 1 unspecified atom stereocenters. The van der Waals surface area contributed by atoms with Gasteiger partial charge in [-0.1, -0.05) is 60.7 Å². The summed E-state index contributed by atoms with van der Waals surface area (Å²) in [5, 5.41) is 13.2. The van der Waals surface area contributed by atoms with Crippen LogP contribution in [0.15, 0.2) is 66.7 Å². The van der Waals surface area contributed by atoms with Gasteiger partial charge in [-0.05, 0) is 47.9 Å². The third-order valence-corrected chi connectivity index (χ3v) is 6.07. The molecule has 0 saturated heterocycles. The quantitative estimate of drug-likeness (QED) is 0.336. The molecule has 0 radical (unpaired) electrons. The highest BCUT2D eigenvalue weighted by Gasteiger charge is 2.17. The summed E-state index contributed by atoms with van der Waals surface area (Å²) in [4.78, 5) is 27.8. The monoisotopic (exact) mass is 430 g/mol. The Morgan fingerprint density at radius 3 is 2.29 bits per heavy atom. The van der Waals surface area contributed by atoms with Crippen molar-refractivity contribution in [2.75, 3.05) is 5.32 Å². The lowest BCUT2D eigenvalue weighted by molar-refractivity contribution is -0.141. The van der Waals surface area contributed by atoms with Crippen molar-refractivity contribution in [2.45, 2.75) is 20.3 Å². The molecule has 0 bridgehead atoms. The van der Waals surface area contributed by atoms with Crippen molar-refractivity contribution in [3.8, 4) is 11.1 Å². The van der Waals surface area contributed by atoms with Crippen molar-refractivity contribution >= 4 is 44.1 Å². The van der Waals surface area contributed by atoms with E-state index < -0.39 is 11.9 Å². The summed E-state index contributed by atoms with van der Waals surface area (Å²) in [5.41, 5.74) is 5.71. The van der Waals surface area contributed by atoms with Gasteiger partial charge in [0.2, 0.25) is 0 Å². The number of carbonyl (C=O) groups is 2. The number of nitrogens with zero attached hydrogens (tertiary/aromatic N) is 1. The van der Waals surface area contributed by atoms with Gasteiger partial charge < -0.3 is 10.4 Å². The number of benzene rings is 3. The molecule has 2 N–H and O–H groups in total. The lowest BCUT2D eigenvalue weighted by Gasteiger charge is -2.08. The summed E-state index contributed by atoms with van der Waals surface area (Å²) in [6, 6.07) is 21.5. The Hall–Kier alpha value is -3.51. The first-order valence-corrected chi connectivity index (χ1v) is 10.8. The molecule has 0 fully saturated rings. The fourth-order valence-electron chi connectivity index (χ4n) is 3.29. The van der Waals surface area contributed by atoms with Crippen molar-refractivity contribution in [1.29, 1.82) is 0 Å². The average molecular weight is 431 g/mol. The topological polar surface area (TPSA) is 79.3 Å². The minimum Gasteiger partial charge on any atom is -0.481 e. The van der Waals surface area contributed by atoms with Crippen LogP contribution in [-0.2, 0) is 4.79 Å². The number of aryl methyl sites for hydroxylation is 1. The maximum atomic E-state index is 12.2. The van der Waals surface area contributed by atoms with E-state index in [0.29, 0.717) is 5.56 Å². The highest BCUT2D eigenvalue weighted by molar-refractivity contribution is 7.22. The molecular formula is C25H22N2O3S. The number of rotatable bonds is 7. The van der Waals surface area contributed by atoms with Gasteiger partial charge in [-0.15, -0.1) is 0 Å². The number of anilines is 2. The molecule has 1 atom stereocenters. The van der Waals surface area contributed by atoms with Crippen LogP contribution in [0, 0.1) is 12.8 Å². The Kier molecular flexibility index (Phi) is 5.82. The molecule has 4 rings (SSSR count). The minimum absolute atomic E-state index is 0.000379. The van der Waals surface area contributed by atoms with E-state index in [2.05, 4.69) is 29.4 Å². The van der Waals surface area contributed by atoms with E-state index in [9.17, 15) is 9.59 Å². The van der Waals surface area contributed by atoms with Crippen LogP contribution in [-0.4, -0.2) is 21.8 Å². The van der Waals surface area contributed by atoms with Gasteiger partial charge in [0.25, 0.3) is 0 Å². The number of thiazole rings is 1. The number of nitrogens with one attached hydrogen (secondary N) is 1. The number of hydrogen-bond acceptors (Lipinski definition) is 5. The first kappa shape index (κ1) is 20.8. The first-order valence-electron chi connectivity index (χ1n) is 10.00. The van der Waals surface area contributed by atoms with E-state index in [1.54, 1.807) is 30.4 Å². The van der Waals surface area contributed by atoms with Crippen molar-refractivity contribution in [3.63, 3.8) is 0 Å². The number of aliphatic carboxylic acids is 1. The molecular weight excluding hydrogens is 408 g/mol. The molecule has 5 nitrogen and oxygen atoms in total. The molecule has 0 saturated carbocycles. The van der Waals surface area contributed by atoms with E-state index in [4.69, 9.17) is 5.11 Å². The standard InChI is InChI=1S/C25H22N2O3S/c1-15-3-12-21-23(13-15)31-25(27-21)26-20-10-8-18(9-11-20)17-4-6-19(7-5-17)22(28)14-16(2)24(29)30/h3-13,16H,14H2,1-2H3,(H,26,27)(H,29,30). The van der Waals surface area contributed by atoms with Crippen LogP contribution in [0.25, 0.3) is 21.3 Å². The minimum atomic E-state index is -0.959. The molecule has 3 aromatic carbocycles. The molecule has 6 heteroatoms. The second-order valence-electron chi connectivity index (χ2n) is 7.64. The number of carbonyl (C=O) groups excluding carboxylic acids is 1. The zero-order chi connectivity index (χ0) is 22.0. The molecule has 0 spiro atoms. The maximum absolute atomic E-state index is 12.2. The van der Waals surface area contributed by atoms with E-state index in [-0.39, 0.29) is 12.2 Å². The number of carboxylic acids is 1. The number of hydrogen-bond donors (Lipinski definition) is 2. The summed E-state index contributed by atoms with van der Waals surface area (Å²) in [7, 11) is 0. The molecule has 156 valence electrons. The third kappa shape index (κ3) is 4.81. The SMILES string of the molecule is Cc1ccc2nc(Nc3ccc(-c4ccc(C(=O)CC(C)C(=O)O)cc4)cc3)sc2c1. The van der Waals surface area contributed by atoms with Gasteiger partial charge in [0, 0.05) is 17.7 Å². The molecule has 0 amide bonds. The Bertz CT molecular complexity index is 1240. The van der Waals surface area contributed by atoms with Gasteiger partial charge in [0.05, 0.1) is 16.1 Å². The van der Waals surface area contributed by atoms with Gasteiger partial charge in [-0.2, -0.15) is 0 Å². The molecule has 0 aliphatic rings. The number of fused-ring (bicyclic) bond motifs is 1. The second kappa shape index (κ2) is 8.70. The first-order chi connectivity index (χ1) is 14.9. The average Bonchev–Trinajstić information content (AvgIpc) is 3.15. The highest BCUT2D eigenvalue weighted by Crippen LogP contribution is 2.30. The number of carboxylic acid groups (broad SMARTS) is 1. The molecule has 1 aromatic heterocycles. The van der Waals surface area contributed by atoms with Gasteiger partial charge in [-0.3, -0.25) is 9.59 Å². The molecule has 0 aliphatic heterocycles. The van der Waals surface area contributed by atoms with Crippen molar-refractivity contribution < 1.29 is 14.7 Å². The van der Waals surface area contributed by atoms with Gasteiger partial charge in [-0.25, -0.2) is 4.98 Å². The van der Waals surface area contributed by atoms with Crippen LogP contribution in [0.4, 0.5) is 10.8 Å². The predicted molar refractivity (Wildman–Crippen MR) is 125 cm³/mol. The Morgan fingerprint density at radius 2 is 1.65 bits per heavy atom. The van der Waals surface area contributed by atoms with Crippen LogP contribution in [0.5, 0.6) is 0 Å². The second-order valence-corrected chi connectivity index (χ2v) is 8.67. The lowest BCUT2D eigenvalue weighted by Crippen LogP contribution is -2.14. The largest absolute Gasteiger partial charge is 0.481 e. The summed E-state index contributed by atoms with van der Waals surface area (Å²) >= 11 is 1.63. The van der Waals surface area contributed by atoms with Crippen molar-refractivity contribution in [1.82, 2.24) is 4.98 Å². The van der Waals surface area contributed by atoms with Crippen LogP contribution in [0.2, 0.25) is 0 Å². The maximum Gasteiger partial charge on any atom is 0.306 e. The van der Waals surface area contributed by atoms with Crippen molar-refractivity contribution in [3.05, 3.63) is 77.9 Å². The lowest BCUT2D eigenvalue weighted by atomic mass is 9.97. The van der Waals surface area contributed by atoms with Crippen LogP contribution in [0.3, 0.4) is 0 Å². The smallest absolute Gasteiger partial charge is 0.306 e. The summed E-state index contributed by atoms with van der Waals surface area (Å²) < 4.78 is 1.16. The van der Waals surface area contributed by atoms with Gasteiger partial charge >= 0.3 is 5.97 Å². The number of ketones is 1. The van der Waals surface area contributed by atoms with E-state index >= 15 is 0 Å². The van der Waals surface area contributed by atoms with Gasteiger partial charge in [0.1, 0.15) is 0 Å². The van der Waals surface area contributed by atoms with E-state index in [0.717, 1.165) is 32.2 Å². The zero-order valence-electron chi connectivity index (χ0n) is 17.3. The van der Waals surface area contributed by atoms with E-state index in [1.165, 1.54) is 5.56 Å². The summed E-state index contributed by atoms with van der Waals surface area (Å²) in [6.45, 7) is 3.61. The Morgan fingerprint density at radius 1 is 1.00 bits per heavy atom. The van der Waals surface area contributed by atoms with Crippen LogP contribution >= 0.6 is 11.3 Å². The fraction of sp³-hybridized carbons (Fsp3) is 0.160. The van der Waals surface area contributed by atoms with E-state index in [1.807, 2.05) is 42.5 Å². The molecule has 0 aliphatic carbocycles. The summed E-state index contributed by atoms with van der Waals surface area (Å²) in [5.74, 6) is -1.81. The molecule has 1 heterocycles. The zero-order valence-corrected chi connectivity index (χ0v) is 18.1.